The average Bonchev–Trinajstić information content (AvgIpc) is 2.55. The van der Waals surface area contributed by atoms with Gasteiger partial charge in [-0.2, -0.15) is 0 Å². The van der Waals surface area contributed by atoms with Crippen molar-refractivity contribution in [3.8, 4) is 11.5 Å². The highest BCUT2D eigenvalue weighted by atomic mass is 16.5. The number of nitrogens with one attached hydrogen (secondary N) is 2. The Morgan fingerprint density at radius 3 is 2.52 bits per heavy atom. The fourth-order valence-electron chi connectivity index (χ4n) is 2.18. The standard InChI is InChI=1S/C17H29N3O3/c1-6-18-17(20-13(2)12-21-3)19-10-9-14-7-8-15(22-4)16(11-14)23-5/h7-8,11,13H,6,9-10,12H2,1-5H3,(H2,18,19,20). The molecule has 0 radical (unpaired) electrons. The van der Waals surface area contributed by atoms with Crippen molar-refractivity contribution in [2.75, 3.05) is 41.0 Å². The molecule has 0 aliphatic rings. The van der Waals surface area contributed by atoms with Crippen molar-refractivity contribution in [1.29, 1.82) is 0 Å². The first-order valence-electron chi connectivity index (χ1n) is 7.89. The Labute approximate surface area is 139 Å². The minimum Gasteiger partial charge on any atom is -0.493 e. The van der Waals surface area contributed by atoms with Crippen molar-refractivity contribution in [3.63, 3.8) is 0 Å². The molecule has 0 aliphatic carbocycles. The van der Waals surface area contributed by atoms with Crippen LogP contribution in [0, 0.1) is 0 Å². The Hall–Kier alpha value is -1.95. The average molecular weight is 323 g/mol. The highest BCUT2D eigenvalue weighted by Gasteiger charge is 2.06. The molecular weight excluding hydrogens is 294 g/mol. The van der Waals surface area contributed by atoms with Crippen molar-refractivity contribution in [1.82, 2.24) is 10.6 Å². The molecule has 0 aliphatic heterocycles. The second kappa shape index (κ2) is 10.7. The quantitative estimate of drug-likeness (QED) is 0.536. The summed E-state index contributed by atoms with van der Waals surface area (Å²) in [5.74, 6) is 2.29. The summed E-state index contributed by atoms with van der Waals surface area (Å²) in [6.45, 7) is 6.25. The minimum absolute atomic E-state index is 0.207. The van der Waals surface area contributed by atoms with Gasteiger partial charge in [-0.05, 0) is 38.0 Å². The number of hydrogen-bond acceptors (Lipinski definition) is 4. The Kier molecular flexibility index (Phi) is 8.90. The van der Waals surface area contributed by atoms with Gasteiger partial charge in [0.1, 0.15) is 0 Å². The zero-order valence-corrected chi connectivity index (χ0v) is 14.8. The molecule has 0 bridgehead atoms. The van der Waals surface area contributed by atoms with E-state index in [9.17, 15) is 0 Å². The summed E-state index contributed by atoms with van der Waals surface area (Å²) in [5, 5.41) is 6.55. The predicted molar refractivity (Wildman–Crippen MR) is 93.7 cm³/mol. The number of rotatable bonds is 9. The second-order valence-corrected chi connectivity index (χ2v) is 5.20. The van der Waals surface area contributed by atoms with Gasteiger partial charge in [0.05, 0.1) is 20.8 Å². The molecule has 0 heterocycles. The Bertz CT molecular complexity index is 492. The minimum atomic E-state index is 0.207. The zero-order chi connectivity index (χ0) is 17.1. The number of ether oxygens (including phenoxy) is 3. The molecule has 23 heavy (non-hydrogen) atoms. The molecule has 1 rings (SSSR count). The summed E-state index contributed by atoms with van der Waals surface area (Å²) in [6.07, 6.45) is 0.829. The summed E-state index contributed by atoms with van der Waals surface area (Å²) in [5.41, 5.74) is 1.16. The molecule has 6 nitrogen and oxygen atoms in total. The first-order chi connectivity index (χ1) is 11.1. The molecule has 0 aromatic heterocycles. The first-order valence-corrected chi connectivity index (χ1v) is 7.89. The van der Waals surface area contributed by atoms with Gasteiger partial charge >= 0.3 is 0 Å². The molecule has 1 aromatic carbocycles. The van der Waals surface area contributed by atoms with Crippen LogP contribution >= 0.6 is 0 Å². The Balaban J connectivity index is 2.63. The van der Waals surface area contributed by atoms with Gasteiger partial charge in [-0.1, -0.05) is 6.07 Å². The lowest BCUT2D eigenvalue weighted by atomic mass is 10.1. The van der Waals surface area contributed by atoms with E-state index in [4.69, 9.17) is 14.2 Å². The molecule has 0 saturated heterocycles. The van der Waals surface area contributed by atoms with Crippen LogP contribution in [-0.4, -0.2) is 53.0 Å². The lowest BCUT2D eigenvalue weighted by molar-refractivity contribution is 0.179. The van der Waals surface area contributed by atoms with Crippen molar-refractivity contribution < 1.29 is 14.2 Å². The highest BCUT2D eigenvalue weighted by Crippen LogP contribution is 2.27. The smallest absolute Gasteiger partial charge is 0.191 e. The SMILES string of the molecule is CCNC(=NCCc1ccc(OC)c(OC)c1)NC(C)COC. The van der Waals surface area contributed by atoms with Gasteiger partial charge in [0.2, 0.25) is 0 Å². The molecule has 130 valence electrons. The second-order valence-electron chi connectivity index (χ2n) is 5.20. The van der Waals surface area contributed by atoms with E-state index in [2.05, 4.69) is 22.5 Å². The van der Waals surface area contributed by atoms with Crippen LogP contribution in [0.25, 0.3) is 0 Å². The summed E-state index contributed by atoms with van der Waals surface area (Å²) in [7, 11) is 4.97. The molecule has 1 atom stereocenters. The molecule has 0 amide bonds. The van der Waals surface area contributed by atoms with Crippen LogP contribution in [0.3, 0.4) is 0 Å². The van der Waals surface area contributed by atoms with Gasteiger partial charge in [0.15, 0.2) is 17.5 Å². The van der Waals surface area contributed by atoms with E-state index in [-0.39, 0.29) is 6.04 Å². The van der Waals surface area contributed by atoms with E-state index in [0.717, 1.165) is 36.0 Å². The van der Waals surface area contributed by atoms with E-state index < -0.39 is 0 Å². The molecule has 1 aromatic rings. The maximum Gasteiger partial charge on any atom is 0.191 e. The molecule has 2 N–H and O–H groups in total. The molecule has 0 saturated carbocycles. The van der Waals surface area contributed by atoms with E-state index in [1.807, 2.05) is 25.1 Å². The van der Waals surface area contributed by atoms with Gasteiger partial charge in [-0.25, -0.2) is 0 Å². The van der Waals surface area contributed by atoms with E-state index in [1.54, 1.807) is 21.3 Å². The number of aliphatic imine (C=N–C) groups is 1. The van der Waals surface area contributed by atoms with E-state index in [1.165, 1.54) is 0 Å². The number of guanidine groups is 1. The third-order valence-electron chi connectivity index (χ3n) is 3.26. The van der Waals surface area contributed by atoms with Crippen LogP contribution in [0.15, 0.2) is 23.2 Å². The van der Waals surface area contributed by atoms with Crippen molar-refractivity contribution >= 4 is 5.96 Å². The summed E-state index contributed by atoms with van der Waals surface area (Å²) >= 11 is 0. The van der Waals surface area contributed by atoms with Crippen LogP contribution < -0.4 is 20.1 Å². The lowest BCUT2D eigenvalue weighted by Crippen LogP contribution is -2.44. The van der Waals surface area contributed by atoms with Gasteiger partial charge in [-0.3, -0.25) is 4.99 Å². The number of nitrogens with zero attached hydrogens (tertiary/aromatic N) is 1. The normalized spacial score (nSPS) is 12.7. The molecule has 0 spiro atoms. The highest BCUT2D eigenvalue weighted by molar-refractivity contribution is 5.80. The Morgan fingerprint density at radius 2 is 1.91 bits per heavy atom. The van der Waals surface area contributed by atoms with E-state index >= 15 is 0 Å². The summed E-state index contributed by atoms with van der Waals surface area (Å²) in [6, 6.07) is 6.15. The van der Waals surface area contributed by atoms with Gasteiger partial charge in [0.25, 0.3) is 0 Å². The van der Waals surface area contributed by atoms with Crippen LogP contribution in [0.2, 0.25) is 0 Å². The zero-order valence-electron chi connectivity index (χ0n) is 14.8. The molecule has 0 fully saturated rings. The fraction of sp³-hybridized carbons (Fsp3) is 0.588. The summed E-state index contributed by atoms with van der Waals surface area (Å²) in [4.78, 5) is 4.60. The monoisotopic (exact) mass is 323 g/mol. The first kappa shape index (κ1) is 19.1. The molecule has 6 heteroatoms. The van der Waals surface area contributed by atoms with E-state index in [0.29, 0.717) is 13.2 Å². The number of methoxy groups -OCH3 is 3. The number of hydrogen-bond donors (Lipinski definition) is 2. The van der Waals surface area contributed by atoms with Crippen LogP contribution in [0.5, 0.6) is 11.5 Å². The van der Waals surface area contributed by atoms with Crippen molar-refractivity contribution in [2.24, 2.45) is 4.99 Å². The van der Waals surface area contributed by atoms with Gasteiger partial charge < -0.3 is 24.8 Å². The lowest BCUT2D eigenvalue weighted by Gasteiger charge is -2.17. The van der Waals surface area contributed by atoms with Crippen LogP contribution in [0.4, 0.5) is 0 Å². The maximum atomic E-state index is 5.32. The third kappa shape index (κ3) is 6.78. The third-order valence-corrected chi connectivity index (χ3v) is 3.26. The predicted octanol–water partition coefficient (Wildman–Crippen LogP) is 1.84. The summed E-state index contributed by atoms with van der Waals surface area (Å²) < 4.78 is 15.7. The van der Waals surface area contributed by atoms with Crippen LogP contribution in [-0.2, 0) is 11.2 Å². The van der Waals surface area contributed by atoms with Crippen LogP contribution in [0.1, 0.15) is 19.4 Å². The fourth-order valence-corrected chi connectivity index (χ4v) is 2.18. The van der Waals surface area contributed by atoms with Crippen molar-refractivity contribution in [2.45, 2.75) is 26.3 Å². The topological polar surface area (TPSA) is 64.1 Å². The van der Waals surface area contributed by atoms with Crippen molar-refractivity contribution in [3.05, 3.63) is 23.8 Å². The maximum absolute atomic E-state index is 5.32. The molecular formula is C17H29N3O3. The molecule has 1 unspecified atom stereocenters. The largest absolute Gasteiger partial charge is 0.493 e. The Morgan fingerprint density at radius 1 is 1.17 bits per heavy atom. The van der Waals surface area contributed by atoms with Gasteiger partial charge in [0, 0.05) is 26.2 Å². The number of benzene rings is 1. The van der Waals surface area contributed by atoms with Gasteiger partial charge in [-0.15, -0.1) is 0 Å².